The fraction of sp³-hybridized carbons (Fsp3) is 0.438. The molecular weight excluding hydrogens is 525 g/mol. The van der Waals surface area contributed by atoms with Crippen molar-refractivity contribution in [2.75, 3.05) is 33.6 Å². The van der Waals surface area contributed by atoms with Gasteiger partial charge in [0.25, 0.3) is 0 Å². The molecule has 0 aliphatic carbocycles. The van der Waals surface area contributed by atoms with Crippen LogP contribution in [0.5, 0.6) is 17.2 Å². The first-order chi connectivity index (χ1) is 18.6. The minimum atomic E-state index is -1.36. The summed E-state index contributed by atoms with van der Waals surface area (Å²) < 4.78 is 28.4. The van der Waals surface area contributed by atoms with Gasteiger partial charge in [-0.1, -0.05) is 58.0 Å². The van der Waals surface area contributed by atoms with Crippen molar-refractivity contribution in [3.8, 4) is 17.2 Å². The molecule has 1 aliphatic rings. The third-order valence-electron chi connectivity index (χ3n) is 7.21. The zero-order valence-electron chi connectivity index (χ0n) is 24.5. The molecule has 39 heavy (non-hydrogen) atoms. The van der Waals surface area contributed by atoms with Crippen molar-refractivity contribution in [2.45, 2.75) is 62.4 Å². The molecule has 0 bridgehead atoms. The van der Waals surface area contributed by atoms with Gasteiger partial charge in [0.15, 0.2) is 13.6 Å². The predicted octanol–water partition coefficient (Wildman–Crippen LogP) is 7.51. The quantitative estimate of drug-likeness (QED) is 0.187. The highest BCUT2D eigenvalue weighted by atomic mass is 32.2. The van der Waals surface area contributed by atoms with E-state index in [1.165, 1.54) is 27.1 Å². The Bertz CT molecular complexity index is 1250. The zero-order chi connectivity index (χ0) is 28.2. The summed E-state index contributed by atoms with van der Waals surface area (Å²) in [6.45, 7) is 14.1. The highest BCUT2D eigenvalue weighted by Crippen LogP contribution is 2.55. The lowest BCUT2D eigenvalue weighted by atomic mass is 9.66. The van der Waals surface area contributed by atoms with E-state index in [0.29, 0.717) is 0 Å². The molecule has 0 N–H and O–H groups in total. The SMILES string of the molecule is COCOc1ccc(C2(C)CSc3cc(OCOC)ccc3C2c2ccc(C(C)(C)C)cc2O[SiH](C)C)cc1. The van der Waals surface area contributed by atoms with E-state index >= 15 is 0 Å². The monoisotopic (exact) mass is 566 g/mol. The van der Waals surface area contributed by atoms with Gasteiger partial charge < -0.3 is 23.4 Å². The molecule has 0 saturated carbocycles. The summed E-state index contributed by atoms with van der Waals surface area (Å²) in [6, 6.07) is 21.8. The second-order valence-corrected chi connectivity index (χ2v) is 15.0. The fourth-order valence-electron chi connectivity index (χ4n) is 5.16. The Hall–Kier alpha value is -2.45. The Kier molecular flexibility index (Phi) is 9.37. The summed E-state index contributed by atoms with van der Waals surface area (Å²) in [5.41, 5.74) is 4.92. The molecule has 1 heterocycles. The lowest BCUT2D eigenvalue weighted by Gasteiger charge is -2.44. The summed E-state index contributed by atoms with van der Waals surface area (Å²) in [6.07, 6.45) is 0. The van der Waals surface area contributed by atoms with E-state index in [-0.39, 0.29) is 30.3 Å². The summed E-state index contributed by atoms with van der Waals surface area (Å²) in [5.74, 6) is 3.63. The van der Waals surface area contributed by atoms with Crippen molar-refractivity contribution >= 4 is 20.8 Å². The second kappa shape index (κ2) is 12.4. The number of benzene rings is 3. The van der Waals surface area contributed by atoms with Crippen LogP contribution in [-0.2, 0) is 20.3 Å². The molecule has 0 radical (unpaired) electrons. The minimum Gasteiger partial charge on any atom is -0.547 e. The molecule has 7 heteroatoms. The summed E-state index contributed by atoms with van der Waals surface area (Å²) in [5, 5.41) is 0. The van der Waals surface area contributed by atoms with E-state index in [0.717, 1.165) is 23.0 Å². The van der Waals surface area contributed by atoms with Crippen LogP contribution in [0.25, 0.3) is 0 Å². The van der Waals surface area contributed by atoms with Gasteiger partial charge in [0.1, 0.15) is 17.2 Å². The van der Waals surface area contributed by atoms with Crippen LogP contribution in [-0.4, -0.2) is 42.6 Å². The Morgan fingerprint density at radius 1 is 0.846 bits per heavy atom. The van der Waals surface area contributed by atoms with Gasteiger partial charge in [-0.15, -0.1) is 11.8 Å². The third kappa shape index (κ3) is 6.65. The van der Waals surface area contributed by atoms with Crippen molar-refractivity contribution in [2.24, 2.45) is 0 Å². The van der Waals surface area contributed by atoms with Gasteiger partial charge in [-0.05, 0) is 65.5 Å². The summed E-state index contributed by atoms with van der Waals surface area (Å²) in [7, 11) is 1.91. The smallest absolute Gasteiger partial charge is 0.229 e. The lowest BCUT2D eigenvalue weighted by molar-refractivity contribution is 0.0508. The molecule has 3 aromatic carbocycles. The van der Waals surface area contributed by atoms with E-state index in [4.69, 9.17) is 23.4 Å². The summed E-state index contributed by atoms with van der Waals surface area (Å²) >= 11 is 1.88. The average Bonchev–Trinajstić information content (AvgIpc) is 2.90. The van der Waals surface area contributed by atoms with E-state index in [1.807, 2.05) is 23.9 Å². The van der Waals surface area contributed by atoms with Crippen molar-refractivity contribution in [3.05, 3.63) is 82.9 Å². The lowest BCUT2D eigenvalue weighted by Crippen LogP contribution is -2.37. The van der Waals surface area contributed by atoms with Gasteiger partial charge in [-0.25, -0.2) is 0 Å². The number of ether oxygens (including phenoxy) is 4. The van der Waals surface area contributed by atoms with Crippen LogP contribution in [0.2, 0.25) is 13.1 Å². The van der Waals surface area contributed by atoms with Crippen LogP contribution in [0.1, 0.15) is 55.9 Å². The number of fused-ring (bicyclic) bond motifs is 1. The van der Waals surface area contributed by atoms with Crippen molar-refractivity contribution in [1.29, 1.82) is 0 Å². The molecule has 3 aromatic rings. The minimum absolute atomic E-state index is 0.0322. The Labute approximate surface area is 239 Å². The van der Waals surface area contributed by atoms with Crippen LogP contribution in [0.15, 0.2) is 65.6 Å². The van der Waals surface area contributed by atoms with Crippen molar-refractivity contribution < 1.29 is 23.4 Å². The normalized spacial score (nSPS) is 19.1. The van der Waals surface area contributed by atoms with Gasteiger partial charge >= 0.3 is 0 Å². The van der Waals surface area contributed by atoms with Crippen molar-refractivity contribution in [1.82, 2.24) is 0 Å². The van der Waals surface area contributed by atoms with Gasteiger partial charge in [-0.2, -0.15) is 0 Å². The van der Waals surface area contributed by atoms with Gasteiger partial charge in [0, 0.05) is 41.8 Å². The molecular formula is C32H42O5SSi. The fourth-order valence-corrected chi connectivity index (χ4v) is 7.22. The standard InChI is InChI=1S/C32H42O5SSi/c1-31(2,3)23-11-15-26(28(17-23)37-39(7)8)30-27-16-14-25(36-21-34-6)18-29(27)38-19-32(30,4)22-9-12-24(13-10-22)35-20-33-5/h9-18,30,39H,19-21H2,1-8H3. The molecule has 0 aromatic heterocycles. The first kappa shape index (κ1) is 29.5. The molecule has 0 spiro atoms. The van der Waals surface area contributed by atoms with Gasteiger partial charge in [0.2, 0.25) is 9.04 Å². The largest absolute Gasteiger partial charge is 0.547 e. The Balaban J connectivity index is 1.88. The molecule has 4 rings (SSSR count). The average molecular weight is 567 g/mol. The molecule has 0 amide bonds. The topological polar surface area (TPSA) is 46.2 Å². The Morgan fingerprint density at radius 3 is 2.08 bits per heavy atom. The van der Waals surface area contributed by atoms with Crippen LogP contribution in [0, 0.1) is 0 Å². The molecule has 0 fully saturated rings. The molecule has 210 valence electrons. The van der Waals surface area contributed by atoms with E-state index in [2.05, 4.69) is 89.3 Å². The second-order valence-electron chi connectivity index (χ2n) is 11.6. The zero-order valence-corrected chi connectivity index (χ0v) is 26.5. The first-order valence-electron chi connectivity index (χ1n) is 13.5. The third-order valence-corrected chi connectivity index (χ3v) is 9.35. The Morgan fingerprint density at radius 2 is 1.46 bits per heavy atom. The maximum atomic E-state index is 6.68. The number of methoxy groups -OCH3 is 2. The van der Waals surface area contributed by atoms with Crippen LogP contribution in [0.4, 0.5) is 0 Å². The van der Waals surface area contributed by atoms with Crippen LogP contribution < -0.4 is 13.9 Å². The van der Waals surface area contributed by atoms with Gasteiger partial charge in [-0.3, -0.25) is 0 Å². The molecule has 2 atom stereocenters. The van der Waals surface area contributed by atoms with Gasteiger partial charge in [0.05, 0.1) is 0 Å². The number of hydrogen-bond donors (Lipinski definition) is 0. The highest BCUT2D eigenvalue weighted by molar-refractivity contribution is 7.99. The summed E-state index contributed by atoms with van der Waals surface area (Å²) in [4.78, 5) is 1.23. The van der Waals surface area contributed by atoms with E-state index in [9.17, 15) is 0 Å². The predicted molar refractivity (Wildman–Crippen MR) is 162 cm³/mol. The number of rotatable bonds is 10. The molecule has 1 aliphatic heterocycles. The van der Waals surface area contributed by atoms with Crippen LogP contribution >= 0.6 is 11.8 Å². The maximum absolute atomic E-state index is 6.68. The number of thioether (sulfide) groups is 1. The number of hydrogen-bond acceptors (Lipinski definition) is 6. The molecule has 0 saturated heterocycles. The van der Waals surface area contributed by atoms with Crippen LogP contribution in [0.3, 0.4) is 0 Å². The maximum Gasteiger partial charge on any atom is 0.229 e. The highest BCUT2D eigenvalue weighted by Gasteiger charge is 2.44. The molecule has 2 unspecified atom stereocenters. The van der Waals surface area contributed by atoms with E-state index < -0.39 is 9.04 Å². The first-order valence-corrected chi connectivity index (χ1v) is 17.3. The molecule has 5 nitrogen and oxygen atoms in total. The van der Waals surface area contributed by atoms with Crippen molar-refractivity contribution in [3.63, 3.8) is 0 Å². The van der Waals surface area contributed by atoms with E-state index in [1.54, 1.807) is 14.2 Å².